The predicted molar refractivity (Wildman–Crippen MR) is 82.1 cm³/mol. The molecule has 3 heteroatoms. The van der Waals surface area contributed by atoms with Crippen LogP contribution in [0, 0.1) is 12.8 Å². The first-order valence-corrected chi connectivity index (χ1v) is 7.55. The van der Waals surface area contributed by atoms with E-state index in [4.69, 9.17) is 4.74 Å². The first-order valence-electron chi connectivity index (χ1n) is 7.55. The van der Waals surface area contributed by atoms with E-state index in [0.29, 0.717) is 18.3 Å². The predicted octanol–water partition coefficient (Wildman–Crippen LogP) is 3.87. The largest absolute Gasteiger partial charge is 0.381 e. The molecule has 20 heavy (non-hydrogen) atoms. The van der Waals surface area contributed by atoms with E-state index in [1.807, 2.05) is 0 Å². The lowest BCUT2D eigenvalue weighted by Crippen LogP contribution is -2.23. The molecule has 0 aliphatic carbocycles. The molecule has 0 bridgehead atoms. The molecule has 1 aromatic carbocycles. The van der Waals surface area contributed by atoms with Gasteiger partial charge in [0.25, 0.3) is 0 Å². The molecule has 0 aromatic heterocycles. The van der Waals surface area contributed by atoms with E-state index in [-0.39, 0.29) is 5.91 Å². The number of benzene rings is 1. The van der Waals surface area contributed by atoms with Crippen molar-refractivity contribution in [1.82, 2.24) is 0 Å². The Morgan fingerprint density at radius 1 is 1.35 bits per heavy atom. The Balaban J connectivity index is 2.03. The summed E-state index contributed by atoms with van der Waals surface area (Å²) in [6.07, 6.45) is 2.60. The lowest BCUT2D eigenvalue weighted by atomic mass is 9.95. The van der Waals surface area contributed by atoms with Crippen molar-refractivity contribution >= 4 is 11.6 Å². The maximum absolute atomic E-state index is 12.3. The molecule has 1 aromatic rings. The number of rotatable bonds is 4. The summed E-state index contributed by atoms with van der Waals surface area (Å²) in [5, 5.41) is 3.13. The fourth-order valence-electron chi connectivity index (χ4n) is 2.75. The van der Waals surface area contributed by atoms with E-state index in [1.54, 1.807) is 0 Å². The van der Waals surface area contributed by atoms with Crippen molar-refractivity contribution in [2.45, 2.75) is 46.0 Å². The lowest BCUT2D eigenvalue weighted by molar-refractivity contribution is -0.117. The zero-order chi connectivity index (χ0) is 14.5. The molecule has 0 spiro atoms. The highest BCUT2D eigenvalue weighted by Crippen LogP contribution is 2.28. The summed E-state index contributed by atoms with van der Waals surface area (Å²) < 4.78 is 5.34. The Morgan fingerprint density at radius 2 is 2.05 bits per heavy atom. The number of hydrogen-bond donors (Lipinski definition) is 1. The quantitative estimate of drug-likeness (QED) is 0.905. The van der Waals surface area contributed by atoms with Crippen LogP contribution in [0.25, 0.3) is 0 Å². The topological polar surface area (TPSA) is 38.3 Å². The molecule has 1 N–H and O–H groups in total. The molecule has 0 radical (unpaired) electrons. The molecule has 1 fully saturated rings. The first kappa shape index (κ1) is 15.0. The molecule has 1 amide bonds. The van der Waals surface area contributed by atoms with Gasteiger partial charge in [0.1, 0.15) is 0 Å². The fraction of sp³-hybridized carbons (Fsp3) is 0.588. The van der Waals surface area contributed by atoms with Crippen molar-refractivity contribution in [3.63, 3.8) is 0 Å². The summed E-state index contributed by atoms with van der Waals surface area (Å²) in [7, 11) is 0. The normalized spacial score (nSPS) is 16.4. The van der Waals surface area contributed by atoms with Crippen LogP contribution in [0.5, 0.6) is 0 Å². The zero-order valence-corrected chi connectivity index (χ0v) is 12.7. The third-order valence-electron chi connectivity index (χ3n) is 4.01. The second-order valence-electron chi connectivity index (χ2n) is 6.00. The summed E-state index contributed by atoms with van der Waals surface area (Å²) in [4.78, 5) is 12.3. The molecule has 1 aliphatic rings. The van der Waals surface area contributed by atoms with E-state index in [9.17, 15) is 4.79 Å². The van der Waals surface area contributed by atoms with Crippen molar-refractivity contribution in [3.8, 4) is 0 Å². The van der Waals surface area contributed by atoms with Crippen LogP contribution in [-0.2, 0) is 9.53 Å². The van der Waals surface area contributed by atoms with Crippen LogP contribution >= 0.6 is 0 Å². The molecule has 0 unspecified atom stereocenters. The van der Waals surface area contributed by atoms with Crippen molar-refractivity contribution in [2.24, 2.45) is 5.92 Å². The van der Waals surface area contributed by atoms with E-state index >= 15 is 0 Å². The van der Waals surface area contributed by atoms with E-state index in [2.05, 4.69) is 44.3 Å². The first-order chi connectivity index (χ1) is 9.58. The Bertz CT molecular complexity index is 462. The Kier molecular flexibility index (Phi) is 5.18. The zero-order valence-electron chi connectivity index (χ0n) is 12.7. The third-order valence-corrected chi connectivity index (χ3v) is 4.01. The highest BCUT2D eigenvalue weighted by atomic mass is 16.5. The molecule has 1 aliphatic heterocycles. The van der Waals surface area contributed by atoms with Gasteiger partial charge < -0.3 is 10.1 Å². The van der Waals surface area contributed by atoms with E-state index in [0.717, 1.165) is 37.3 Å². The van der Waals surface area contributed by atoms with Crippen LogP contribution in [0.15, 0.2) is 18.2 Å². The molecule has 3 nitrogen and oxygen atoms in total. The SMILES string of the molecule is Cc1cccc(C(C)C)c1NC(=O)CC1CCOCC1. The molecule has 110 valence electrons. The summed E-state index contributed by atoms with van der Waals surface area (Å²) in [5.41, 5.74) is 3.35. The van der Waals surface area contributed by atoms with Gasteiger partial charge in [0.05, 0.1) is 0 Å². The second kappa shape index (κ2) is 6.89. The van der Waals surface area contributed by atoms with Crippen LogP contribution in [0.2, 0.25) is 0 Å². The fourth-order valence-corrected chi connectivity index (χ4v) is 2.75. The van der Waals surface area contributed by atoms with Gasteiger partial charge in [0, 0.05) is 25.3 Å². The monoisotopic (exact) mass is 275 g/mol. The number of nitrogens with one attached hydrogen (secondary N) is 1. The average Bonchev–Trinajstić information content (AvgIpc) is 2.42. The molecule has 1 heterocycles. The Hall–Kier alpha value is -1.35. The Labute approximate surface area is 121 Å². The van der Waals surface area contributed by atoms with Crippen LogP contribution in [0.3, 0.4) is 0 Å². The maximum atomic E-state index is 12.3. The number of para-hydroxylation sites is 1. The van der Waals surface area contributed by atoms with Gasteiger partial charge in [-0.15, -0.1) is 0 Å². The molecule has 2 rings (SSSR count). The highest BCUT2D eigenvalue weighted by molar-refractivity contribution is 5.92. The number of ether oxygens (including phenoxy) is 1. The van der Waals surface area contributed by atoms with E-state index in [1.165, 1.54) is 5.56 Å². The number of hydrogen-bond acceptors (Lipinski definition) is 2. The van der Waals surface area contributed by atoms with Crippen molar-refractivity contribution in [3.05, 3.63) is 29.3 Å². The number of amides is 1. The number of carbonyl (C=O) groups excluding carboxylic acids is 1. The van der Waals surface area contributed by atoms with Crippen molar-refractivity contribution in [1.29, 1.82) is 0 Å². The highest BCUT2D eigenvalue weighted by Gasteiger charge is 2.19. The maximum Gasteiger partial charge on any atom is 0.224 e. The summed E-state index contributed by atoms with van der Waals surface area (Å²) in [5.74, 6) is 1.01. The number of carbonyl (C=O) groups is 1. The summed E-state index contributed by atoms with van der Waals surface area (Å²) >= 11 is 0. The molecular weight excluding hydrogens is 250 g/mol. The number of aryl methyl sites for hydroxylation is 1. The van der Waals surface area contributed by atoms with Crippen LogP contribution in [0.1, 0.15) is 50.2 Å². The van der Waals surface area contributed by atoms with Gasteiger partial charge in [-0.2, -0.15) is 0 Å². The van der Waals surface area contributed by atoms with Gasteiger partial charge in [0.2, 0.25) is 5.91 Å². The smallest absolute Gasteiger partial charge is 0.224 e. The minimum Gasteiger partial charge on any atom is -0.381 e. The molecular formula is C17H25NO2. The van der Waals surface area contributed by atoms with Gasteiger partial charge in [-0.3, -0.25) is 4.79 Å². The average molecular weight is 275 g/mol. The van der Waals surface area contributed by atoms with E-state index < -0.39 is 0 Å². The molecule has 0 saturated carbocycles. The van der Waals surface area contributed by atoms with Crippen molar-refractivity contribution in [2.75, 3.05) is 18.5 Å². The van der Waals surface area contributed by atoms with Gasteiger partial charge in [0.15, 0.2) is 0 Å². The van der Waals surface area contributed by atoms with Crippen LogP contribution in [-0.4, -0.2) is 19.1 Å². The van der Waals surface area contributed by atoms with Crippen molar-refractivity contribution < 1.29 is 9.53 Å². The minimum absolute atomic E-state index is 0.133. The summed E-state index contributed by atoms with van der Waals surface area (Å²) in [6.45, 7) is 7.95. The van der Waals surface area contributed by atoms with Gasteiger partial charge in [-0.1, -0.05) is 32.0 Å². The Morgan fingerprint density at radius 3 is 2.70 bits per heavy atom. The van der Waals surface area contributed by atoms with Crippen LogP contribution < -0.4 is 5.32 Å². The summed E-state index contributed by atoms with van der Waals surface area (Å²) in [6, 6.07) is 6.20. The van der Waals surface area contributed by atoms with Gasteiger partial charge in [-0.25, -0.2) is 0 Å². The van der Waals surface area contributed by atoms with Gasteiger partial charge >= 0.3 is 0 Å². The van der Waals surface area contributed by atoms with Crippen LogP contribution in [0.4, 0.5) is 5.69 Å². The third kappa shape index (κ3) is 3.83. The van der Waals surface area contributed by atoms with Gasteiger partial charge in [-0.05, 0) is 42.7 Å². The molecule has 1 saturated heterocycles. The lowest BCUT2D eigenvalue weighted by Gasteiger charge is -2.22. The standard InChI is InChI=1S/C17H25NO2/c1-12(2)15-6-4-5-13(3)17(15)18-16(19)11-14-7-9-20-10-8-14/h4-6,12,14H,7-11H2,1-3H3,(H,18,19). The minimum atomic E-state index is 0.133. The number of anilines is 1. The molecule has 0 atom stereocenters. The second-order valence-corrected chi connectivity index (χ2v) is 6.00.